The van der Waals surface area contributed by atoms with Crippen molar-refractivity contribution in [3.8, 4) is 0 Å². The molecule has 1 N–H and O–H groups in total. The minimum absolute atomic E-state index is 0.0678. The molecule has 1 rings (SSSR count). The molecule has 1 heteroatoms. The molecule has 0 bridgehead atoms. The Balaban J connectivity index is 2.00. The fourth-order valence-electron chi connectivity index (χ4n) is 2.01. The van der Waals surface area contributed by atoms with Crippen molar-refractivity contribution in [2.45, 2.75) is 58.0 Å². The van der Waals surface area contributed by atoms with Crippen LogP contribution in [0.5, 0.6) is 0 Å². The van der Waals surface area contributed by atoms with Crippen LogP contribution in [0.25, 0.3) is 0 Å². The van der Waals surface area contributed by atoms with E-state index >= 15 is 0 Å². The first-order valence-corrected chi connectivity index (χ1v) is 6.55. The van der Waals surface area contributed by atoms with Gasteiger partial charge < -0.3 is 5.11 Å². The van der Waals surface area contributed by atoms with E-state index in [9.17, 15) is 5.11 Å². The third-order valence-electron chi connectivity index (χ3n) is 2.97. The van der Waals surface area contributed by atoms with Gasteiger partial charge in [0.2, 0.25) is 0 Å². The highest BCUT2D eigenvalue weighted by Gasteiger charge is 2.01. The zero-order valence-electron chi connectivity index (χ0n) is 10.4. The Morgan fingerprint density at radius 2 is 1.75 bits per heavy atom. The summed E-state index contributed by atoms with van der Waals surface area (Å²) in [6, 6.07) is 10.6. The number of aliphatic hydroxyl groups excluding tert-OH is 1. The van der Waals surface area contributed by atoms with Gasteiger partial charge in [-0.25, -0.2) is 0 Å². The lowest BCUT2D eigenvalue weighted by molar-refractivity contribution is 0.150. The van der Waals surface area contributed by atoms with Gasteiger partial charge in [-0.2, -0.15) is 0 Å². The summed E-state index contributed by atoms with van der Waals surface area (Å²) in [7, 11) is 0. The van der Waals surface area contributed by atoms with Crippen molar-refractivity contribution in [3.63, 3.8) is 0 Å². The molecule has 1 unspecified atom stereocenters. The minimum Gasteiger partial charge on any atom is -0.393 e. The van der Waals surface area contributed by atoms with Crippen LogP contribution in [-0.2, 0) is 6.42 Å². The van der Waals surface area contributed by atoms with Crippen LogP contribution in [0.2, 0.25) is 0 Å². The Hall–Kier alpha value is -0.820. The van der Waals surface area contributed by atoms with Gasteiger partial charge in [0.1, 0.15) is 0 Å². The molecule has 90 valence electrons. The SMILES string of the molecule is CCCC(O)CCCCCc1ccccc1. The van der Waals surface area contributed by atoms with E-state index in [1.54, 1.807) is 0 Å². The monoisotopic (exact) mass is 220 g/mol. The summed E-state index contributed by atoms with van der Waals surface area (Å²) in [6.45, 7) is 2.12. The van der Waals surface area contributed by atoms with Gasteiger partial charge in [0.05, 0.1) is 6.10 Å². The number of unbranched alkanes of at least 4 members (excludes halogenated alkanes) is 2. The molecule has 0 saturated heterocycles. The summed E-state index contributed by atoms with van der Waals surface area (Å²) < 4.78 is 0. The largest absolute Gasteiger partial charge is 0.393 e. The molecule has 0 fully saturated rings. The Kier molecular flexibility index (Phi) is 6.91. The Morgan fingerprint density at radius 1 is 1.00 bits per heavy atom. The lowest BCUT2D eigenvalue weighted by atomic mass is 10.0. The lowest BCUT2D eigenvalue weighted by Crippen LogP contribution is -2.05. The van der Waals surface area contributed by atoms with E-state index in [4.69, 9.17) is 0 Å². The van der Waals surface area contributed by atoms with E-state index in [1.807, 2.05) is 0 Å². The second-order valence-electron chi connectivity index (χ2n) is 4.53. The van der Waals surface area contributed by atoms with Crippen LogP contribution in [-0.4, -0.2) is 11.2 Å². The van der Waals surface area contributed by atoms with Gasteiger partial charge in [-0.05, 0) is 31.2 Å². The van der Waals surface area contributed by atoms with Gasteiger partial charge in [-0.1, -0.05) is 56.5 Å². The number of hydrogen-bond acceptors (Lipinski definition) is 1. The third kappa shape index (κ3) is 5.92. The summed E-state index contributed by atoms with van der Waals surface area (Å²) in [6.07, 6.45) is 7.76. The Bertz CT molecular complexity index is 255. The number of benzene rings is 1. The van der Waals surface area contributed by atoms with Crippen LogP contribution in [0.15, 0.2) is 30.3 Å². The molecule has 0 amide bonds. The molecule has 1 nitrogen and oxygen atoms in total. The molecule has 1 atom stereocenters. The van der Waals surface area contributed by atoms with E-state index in [-0.39, 0.29) is 6.10 Å². The Labute approximate surface area is 99.5 Å². The Morgan fingerprint density at radius 3 is 2.44 bits per heavy atom. The van der Waals surface area contributed by atoms with Crippen LogP contribution in [0.3, 0.4) is 0 Å². The van der Waals surface area contributed by atoms with Crippen molar-refractivity contribution in [1.82, 2.24) is 0 Å². The normalized spacial score (nSPS) is 12.6. The smallest absolute Gasteiger partial charge is 0.0540 e. The summed E-state index contributed by atoms with van der Waals surface area (Å²) in [4.78, 5) is 0. The maximum Gasteiger partial charge on any atom is 0.0540 e. The topological polar surface area (TPSA) is 20.2 Å². The minimum atomic E-state index is -0.0678. The maximum atomic E-state index is 9.57. The first kappa shape index (κ1) is 13.2. The lowest BCUT2D eigenvalue weighted by Gasteiger charge is -2.08. The van der Waals surface area contributed by atoms with Gasteiger partial charge in [0.15, 0.2) is 0 Å². The molecular weight excluding hydrogens is 196 g/mol. The first-order chi connectivity index (χ1) is 7.83. The highest BCUT2D eigenvalue weighted by Crippen LogP contribution is 2.10. The second-order valence-corrected chi connectivity index (χ2v) is 4.53. The fraction of sp³-hybridized carbons (Fsp3) is 0.600. The number of aryl methyl sites for hydroxylation is 1. The van der Waals surface area contributed by atoms with Crippen molar-refractivity contribution < 1.29 is 5.11 Å². The van der Waals surface area contributed by atoms with E-state index in [1.165, 1.54) is 24.8 Å². The average molecular weight is 220 g/mol. The molecule has 16 heavy (non-hydrogen) atoms. The van der Waals surface area contributed by atoms with E-state index in [0.717, 1.165) is 25.7 Å². The fourth-order valence-corrected chi connectivity index (χ4v) is 2.01. The van der Waals surface area contributed by atoms with Gasteiger partial charge >= 0.3 is 0 Å². The predicted molar refractivity (Wildman–Crippen MR) is 69.5 cm³/mol. The molecule has 0 aliphatic carbocycles. The van der Waals surface area contributed by atoms with E-state index < -0.39 is 0 Å². The molecule has 1 aromatic carbocycles. The highest BCUT2D eigenvalue weighted by molar-refractivity contribution is 5.14. The number of aliphatic hydroxyl groups is 1. The quantitative estimate of drug-likeness (QED) is 0.658. The molecule has 0 saturated carbocycles. The molecule has 0 spiro atoms. The van der Waals surface area contributed by atoms with Crippen molar-refractivity contribution in [2.24, 2.45) is 0 Å². The summed E-state index contributed by atoms with van der Waals surface area (Å²) in [5, 5.41) is 9.57. The number of rotatable bonds is 8. The van der Waals surface area contributed by atoms with Crippen molar-refractivity contribution >= 4 is 0 Å². The van der Waals surface area contributed by atoms with Crippen LogP contribution in [0.4, 0.5) is 0 Å². The molecule has 0 aromatic heterocycles. The van der Waals surface area contributed by atoms with Crippen LogP contribution in [0.1, 0.15) is 51.0 Å². The number of hydrogen-bond donors (Lipinski definition) is 1. The standard InChI is InChI=1S/C15H24O/c1-2-9-15(16)13-8-4-7-12-14-10-5-3-6-11-14/h3,5-6,10-11,15-16H,2,4,7-9,12-13H2,1H3. The molecule has 0 aliphatic heterocycles. The zero-order chi connectivity index (χ0) is 11.6. The van der Waals surface area contributed by atoms with Crippen LogP contribution < -0.4 is 0 Å². The first-order valence-electron chi connectivity index (χ1n) is 6.55. The van der Waals surface area contributed by atoms with Gasteiger partial charge in [-0.3, -0.25) is 0 Å². The maximum absolute atomic E-state index is 9.57. The van der Waals surface area contributed by atoms with E-state index in [2.05, 4.69) is 37.3 Å². The summed E-state index contributed by atoms with van der Waals surface area (Å²) >= 11 is 0. The van der Waals surface area contributed by atoms with Gasteiger partial charge in [0, 0.05) is 0 Å². The third-order valence-corrected chi connectivity index (χ3v) is 2.97. The van der Waals surface area contributed by atoms with E-state index in [0.29, 0.717) is 0 Å². The molecule has 0 heterocycles. The zero-order valence-corrected chi connectivity index (χ0v) is 10.4. The van der Waals surface area contributed by atoms with Gasteiger partial charge in [0.25, 0.3) is 0 Å². The van der Waals surface area contributed by atoms with Crippen LogP contribution in [0, 0.1) is 0 Å². The predicted octanol–water partition coefficient (Wildman–Crippen LogP) is 3.95. The summed E-state index contributed by atoms with van der Waals surface area (Å²) in [5.74, 6) is 0. The second kappa shape index (κ2) is 8.35. The summed E-state index contributed by atoms with van der Waals surface area (Å²) in [5.41, 5.74) is 1.43. The average Bonchev–Trinajstić information content (AvgIpc) is 2.30. The molecular formula is C15H24O. The molecule has 0 radical (unpaired) electrons. The molecule has 1 aromatic rings. The van der Waals surface area contributed by atoms with Crippen molar-refractivity contribution in [3.05, 3.63) is 35.9 Å². The van der Waals surface area contributed by atoms with Crippen LogP contribution >= 0.6 is 0 Å². The molecule has 0 aliphatic rings. The van der Waals surface area contributed by atoms with Gasteiger partial charge in [-0.15, -0.1) is 0 Å². The highest BCUT2D eigenvalue weighted by atomic mass is 16.3. The van der Waals surface area contributed by atoms with Crippen molar-refractivity contribution in [1.29, 1.82) is 0 Å². The van der Waals surface area contributed by atoms with Crippen molar-refractivity contribution in [2.75, 3.05) is 0 Å².